The van der Waals surface area contributed by atoms with Crippen molar-refractivity contribution in [2.75, 3.05) is 19.6 Å². The van der Waals surface area contributed by atoms with E-state index in [0.717, 1.165) is 17.8 Å². The first-order valence-electron chi connectivity index (χ1n) is 8.86. The van der Waals surface area contributed by atoms with Crippen LogP contribution in [0.3, 0.4) is 0 Å². The molecule has 0 amide bonds. The van der Waals surface area contributed by atoms with E-state index in [1.54, 1.807) is 9.37 Å². The lowest BCUT2D eigenvalue weighted by molar-refractivity contribution is -0.765. The zero-order valence-corrected chi connectivity index (χ0v) is 15.9. The van der Waals surface area contributed by atoms with Gasteiger partial charge in [0.25, 0.3) is 5.50 Å². The fourth-order valence-corrected chi connectivity index (χ4v) is 3.95. The van der Waals surface area contributed by atoms with Gasteiger partial charge in [-0.3, -0.25) is 4.90 Å². The van der Waals surface area contributed by atoms with Crippen LogP contribution in [0, 0.1) is 11.6 Å². The summed E-state index contributed by atoms with van der Waals surface area (Å²) in [6, 6.07) is 2.68. The summed E-state index contributed by atoms with van der Waals surface area (Å²) in [7, 11) is 0. The zero-order chi connectivity index (χ0) is 19.9. The molecule has 3 heterocycles. The summed E-state index contributed by atoms with van der Waals surface area (Å²) >= 11 is 6.20. The molecule has 2 N–H and O–H groups in total. The van der Waals surface area contributed by atoms with Gasteiger partial charge in [0.2, 0.25) is 6.33 Å². The van der Waals surface area contributed by atoms with E-state index in [9.17, 15) is 13.9 Å². The highest BCUT2D eigenvalue weighted by Crippen LogP contribution is 2.32. The van der Waals surface area contributed by atoms with Gasteiger partial charge in [-0.15, -0.1) is 4.68 Å². The number of hydrogen-bond acceptors (Lipinski definition) is 5. The van der Waals surface area contributed by atoms with Crippen molar-refractivity contribution in [2.24, 2.45) is 10.3 Å². The second kappa shape index (κ2) is 7.26. The third-order valence-electron chi connectivity index (χ3n) is 5.38. The molecule has 2 aliphatic rings. The lowest BCUT2D eigenvalue weighted by atomic mass is 9.85. The minimum atomic E-state index is -1.66. The van der Waals surface area contributed by atoms with Gasteiger partial charge in [-0.2, -0.15) is 9.78 Å². The van der Waals surface area contributed by atoms with Gasteiger partial charge in [0, 0.05) is 24.2 Å². The molecule has 0 fully saturated rings. The van der Waals surface area contributed by atoms with Crippen LogP contribution in [0.4, 0.5) is 8.78 Å². The van der Waals surface area contributed by atoms with Crippen molar-refractivity contribution in [3.8, 4) is 0 Å². The standard InChI is InChI=1S/C17H19ClF2N7O/c1-11(25-4-5-27-15(7-25)16(18)23-24-27)17(28,8-26-10-21-9-22-26)13-3-2-12(19)6-14(13)20/h2-3,6,9-11,16,28H,4-5,7-8H2,1H3/q+1/p+1/t11-,16?,17-/m1/s1. The molecule has 2 aliphatic heterocycles. The number of rotatable bonds is 5. The monoisotopic (exact) mass is 411 g/mol. The van der Waals surface area contributed by atoms with Crippen molar-refractivity contribution in [2.45, 2.75) is 30.6 Å². The summed E-state index contributed by atoms with van der Waals surface area (Å²) < 4.78 is 31.4. The van der Waals surface area contributed by atoms with Crippen LogP contribution >= 0.6 is 11.6 Å². The van der Waals surface area contributed by atoms with Gasteiger partial charge in [-0.25, -0.2) is 8.78 Å². The number of aromatic amines is 1. The predicted molar refractivity (Wildman–Crippen MR) is 94.7 cm³/mol. The van der Waals surface area contributed by atoms with E-state index in [2.05, 4.69) is 20.4 Å². The summed E-state index contributed by atoms with van der Waals surface area (Å²) in [5, 5.41) is 22.5. The molecule has 28 heavy (non-hydrogen) atoms. The van der Waals surface area contributed by atoms with Crippen LogP contribution < -0.4 is 4.68 Å². The second-order valence-electron chi connectivity index (χ2n) is 7.00. The number of halogens is 3. The molecular formula is C17H20ClF2N7O+2. The molecule has 1 unspecified atom stereocenters. The Labute approximate surface area is 164 Å². The number of H-pyrrole nitrogens is 1. The number of benzene rings is 1. The predicted octanol–water partition coefficient (Wildman–Crippen LogP) is 0.967. The average molecular weight is 412 g/mol. The van der Waals surface area contributed by atoms with Gasteiger partial charge in [0.1, 0.15) is 35.5 Å². The molecule has 0 saturated carbocycles. The Hall–Kier alpha value is -2.30. The first-order valence-corrected chi connectivity index (χ1v) is 9.30. The highest BCUT2D eigenvalue weighted by atomic mass is 35.5. The average Bonchev–Trinajstić information content (AvgIpc) is 3.30. The third-order valence-corrected chi connectivity index (χ3v) is 5.72. The molecule has 0 spiro atoms. The normalized spacial score (nSPS) is 23.0. The molecule has 1 aromatic heterocycles. The van der Waals surface area contributed by atoms with Crippen molar-refractivity contribution in [1.82, 2.24) is 15.0 Å². The van der Waals surface area contributed by atoms with E-state index in [0.29, 0.717) is 19.6 Å². The summed E-state index contributed by atoms with van der Waals surface area (Å²) in [4.78, 5) is 5.94. The van der Waals surface area contributed by atoms with Crippen LogP contribution in [0.1, 0.15) is 12.5 Å². The van der Waals surface area contributed by atoms with Crippen LogP contribution in [0.15, 0.2) is 41.2 Å². The fraction of sp³-hybridized carbons (Fsp3) is 0.471. The van der Waals surface area contributed by atoms with Gasteiger partial charge in [0.05, 0.1) is 11.7 Å². The summed E-state index contributed by atoms with van der Waals surface area (Å²) in [5.74, 6) is -1.50. The molecule has 0 bridgehead atoms. The SMILES string of the molecule is C[C@@H](N1CC[N+]2=C(C1)C(Cl)N=N2)[C@](O)(C[n+]1cnc[nH]1)c1ccc(F)cc1F. The second-order valence-corrected chi connectivity index (χ2v) is 7.41. The summed E-state index contributed by atoms with van der Waals surface area (Å²) in [6.07, 6.45) is 2.95. The van der Waals surface area contributed by atoms with Crippen molar-refractivity contribution < 1.29 is 23.3 Å². The van der Waals surface area contributed by atoms with Crippen LogP contribution in [0.5, 0.6) is 0 Å². The first kappa shape index (κ1) is 19.0. The number of nitrogens with zero attached hydrogens (tertiary/aromatic N) is 6. The number of aromatic nitrogens is 3. The minimum Gasteiger partial charge on any atom is -0.379 e. The van der Waals surface area contributed by atoms with Gasteiger partial charge in [-0.05, 0) is 18.0 Å². The Morgan fingerprint density at radius 2 is 2.29 bits per heavy atom. The molecule has 8 nitrogen and oxygen atoms in total. The van der Waals surface area contributed by atoms with E-state index in [4.69, 9.17) is 11.6 Å². The maximum absolute atomic E-state index is 14.7. The smallest absolute Gasteiger partial charge is 0.306 e. The Bertz CT molecular complexity index is 936. The Balaban J connectivity index is 1.69. The third kappa shape index (κ3) is 3.31. The molecule has 0 radical (unpaired) electrons. The quantitative estimate of drug-likeness (QED) is 0.437. The molecule has 1 aromatic carbocycles. The highest BCUT2D eigenvalue weighted by Gasteiger charge is 2.46. The highest BCUT2D eigenvalue weighted by molar-refractivity contribution is 6.31. The van der Waals surface area contributed by atoms with Gasteiger partial charge < -0.3 is 5.11 Å². The van der Waals surface area contributed by atoms with E-state index in [-0.39, 0.29) is 12.1 Å². The molecular weight excluding hydrogens is 392 g/mol. The summed E-state index contributed by atoms with van der Waals surface area (Å²) in [5.41, 5.74) is -1.38. The molecule has 148 valence electrons. The van der Waals surface area contributed by atoms with E-state index >= 15 is 0 Å². The van der Waals surface area contributed by atoms with E-state index in [1.165, 1.54) is 18.7 Å². The first-order chi connectivity index (χ1) is 13.4. The van der Waals surface area contributed by atoms with Crippen molar-refractivity contribution in [3.63, 3.8) is 0 Å². The van der Waals surface area contributed by atoms with Crippen LogP contribution in [0.25, 0.3) is 0 Å². The Morgan fingerprint density at radius 1 is 1.46 bits per heavy atom. The van der Waals surface area contributed by atoms with Gasteiger partial charge in [0.15, 0.2) is 5.71 Å². The number of alkyl halides is 1. The largest absolute Gasteiger partial charge is 0.379 e. The number of aliphatic hydroxyl groups is 1. The van der Waals surface area contributed by atoms with Crippen LogP contribution in [-0.4, -0.2) is 61.7 Å². The molecule has 4 rings (SSSR count). The number of nitrogens with one attached hydrogen (secondary N) is 1. The van der Waals surface area contributed by atoms with E-state index < -0.39 is 28.8 Å². The molecule has 2 aromatic rings. The molecule has 11 heteroatoms. The Kier molecular flexibility index (Phi) is 4.94. The van der Waals surface area contributed by atoms with Crippen molar-refractivity contribution >= 4 is 17.3 Å². The lowest BCUT2D eigenvalue weighted by Crippen LogP contribution is -2.60. The maximum atomic E-state index is 14.7. The Morgan fingerprint density at radius 3 is 3.00 bits per heavy atom. The minimum absolute atomic E-state index is 0.00528. The zero-order valence-electron chi connectivity index (χ0n) is 15.1. The maximum Gasteiger partial charge on any atom is 0.306 e. The molecule has 3 atom stereocenters. The topological polar surface area (TPSA) is 83.8 Å². The van der Waals surface area contributed by atoms with Gasteiger partial charge >= 0.3 is 6.33 Å². The van der Waals surface area contributed by atoms with Gasteiger partial charge in [-0.1, -0.05) is 17.7 Å². The van der Waals surface area contributed by atoms with Crippen molar-refractivity contribution in [3.05, 3.63) is 48.1 Å². The lowest BCUT2D eigenvalue weighted by Gasteiger charge is -2.40. The van der Waals surface area contributed by atoms with Crippen molar-refractivity contribution in [1.29, 1.82) is 0 Å². The van der Waals surface area contributed by atoms with Crippen LogP contribution in [0.2, 0.25) is 0 Å². The van der Waals surface area contributed by atoms with Crippen LogP contribution in [-0.2, 0) is 12.1 Å². The molecule has 0 aliphatic carbocycles. The fourth-order valence-electron chi connectivity index (χ4n) is 3.73. The summed E-state index contributed by atoms with van der Waals surface area (Å²) in [6.45, 7) is 3.38. The van der Waals surface area contributed by atoms with E-state index in [1.807, 2.05) is 11.8 Å². The number of hydrogen-bond donors (Lipinski definition) is 2. The molecule has 0 saturated heterocycles.